The van der Waals surface area contributed by atoms with E-state index < -0.39 is 0 Å². The van der Waals surface area contributed by atoms with Gasteiger partial charge in [-0.25, -0.2) is 4.98 Å². The summed E-state index contributed by atoms with van der Waals surface area (Å²) in [4.78, 5) is 22.8. The van der Waals surface area contributed by atoms with E-state index in [1.54, 1.807) is 13.4 Å². The topological polar surface area (TPSA) is 58.2 Å². The molecule has 2 heterocycles. The molecule has 1 fully saturated rings. The number of H-pyrrole nitrogens is 1. The molecule has 2 unspecified atom stereocenters. The number of methoxy groups -OCH3 is 1. The molecule has 1 aliphatic heterocycles. The third kappa shape index (κ3) is 2.52. The summed E-state index contributed by atoms with van der Waals surface area (Å²) in [5.41, 5.74) is 6.41. The van der Waals surface area contributed by atoms with Crippen LogP contribution in [0.3, 0.4) is 0 Å². The predicted octanol–water partition coefficient (Wildman–Crippen LogP) is 3.82. The van der Waals surface area contributed by atoms with E-state index in [0.717, 1.165) is 53.7 Å². The monoisotopic (exact) mass is 361 g/mol. The minimum Gasteiger partial charge on any atom is -0.496 e. The van der Waals surface area contributed by atoms with E-state index in [1.807, 2.05) is 18.2 Å². The lowest BCUT2D eigenvalue weighted by molar-refractivity contribution is 0.0595. The van der Waals surface area contributed by atoms with Gasteiger partial charge < -0.3 is 14.6 Å². The largest absolute Gasteiger partial charge is 0.496 e. The minimum absolute atomic E-state index is 0.117. The number of carbonyl (C=O) groups excluding carboxylic acids is 1. The fourth-order valence-corrected chi connectivity index (χ4v) is 4.89. The number of hydrogen-bond acceptors (Lipinski definition) is 3. The van der Waals surface area contributed by atoms with Crippen molar-refractivity contribution >= 4 is 16.9 Å². The number of hydrogen-bond donors (Lipinski definition) is 1. The van der Waals surface area contributed by atoms with E-state index in [0.29, 0.717) is 5.92 Å². The predicted molar refractivity (Wildman–Crippen MR) is 104 cm³/mol. The summed E-state index contributed by atoms with van der Waals surface area (Å²) in [6, 6.07) is 10.4. The number of amides is 1. The molecule has 27 heavy (non-hydrogen) atoms. The summed E-state index contributed by atoms with van der Waals surface area (Å²) in [6.45, 7) is 2.91. The van der Waals surface area contributed by atoms with Gasteiger partial charge in [-0.3, -0.25) is 4.79 Å². The lowest BCUT2D eigenvalue weighted by Crippen LogP contribution is -2.46. The average molecular weight is 361 g/mol. The molecule has 0 spiro atoms. The number of ether oxygens (including phenoxy) is 1. The Bertz CT molecular complexity index is 1040. The smallest absolute Gasteiger partial charge is 0.254 e. The van der Waals surface area contributed by atoms with Crippen LogP contribution in [0.5, 0.6) is 5.75 Å². The van der Waals surface area contributed by atoms with E-state index in [4.69, 9.17) is 4.74 Å². The molecule has 5 nitrogen and oxygen atoms in total. The van der Waals surface area contributed by atoms with Crippen LogP contribution in [0.15, 0.2) is 36.7 Å². The van der Waals surface area contributed by atoms with Crippen molar-refractivity contribution in [1.82, 2.24) is 14.9 Å². The Morgan fingerprint density at radius 3 is 3.04 bits per heavy atom. The minimum atomic E-state index is 0.117. The zero-order valence-electron chi connectivity index (χ0n) is 15.7. The Morgan fingerprint density at radius 1 is 1.30 bits per heavy atom. The van der Waals surface area contributed by atoms with E-state index in [2.05, 4.69) is 33.9 Å². The van der Waals surface area contributed by atoms with Crippen LogP contribution in [0.4, 0.5) is 0 Å². The number of carbonyl (C=O) groups is 1. The molecule has 0 radical (unpaired) electrons. The number of imidazole rings is 1. The third-order valence-electron chi connectivity index (χ3n) is 6.19. The Balaban J connectivity index is 1.48. The first kappa shape index (κ1) is 16.4. The molecule has 5 rings (SSSR count). The maximum absolute atomic E-state index is 13.3. The Morgan fingerprint density at radius 2 is 2.19 bits per heavy atom. The van der Waals surface area contributed by atoms with Gasteiger partial charge in [0.2, 0.25) is 0 Å². The SMILES string of the molecule is COc1cc2c(cc1C)CC1C2CCCN1C(=O)c1ccc2[nH]cnc2c1. The first-order valence-electron chi connectivity index (χ1n) is 9.57. The molecule has 2 atom stereocenters. The molecular formula is C22H23N3O2. The second kappa shape index (κ2) is 6.12. The van der Waals surface area contributed by atoms with Gasteiger partial charge in [-0.2, -0.15) is 0 Å². The van der Waals surface area contributed by atoms with Crippen LogP contribution in [0.25, 0.3) is 11.0 Å². The molecule has 138 valence electrons. The van der Waals surface area contributed by atoms with Crippen molar-refractivity contribution in [2.45, 2.75) is 38.1 Å². The number of piperidine rings is 1. The number of nitrogens with zero attached hydrogens (tertiary/aromatic N) is 2. The van der Waals surface area contributed by atoms with Crippen LogP contribution in [-0.4, -0.2) is 40.5 Å². The number of fused-ring (bicyclic) bond motifs is 4. The van der Waals surface area contributed by atoms with Crippen molar-refractivity contribution in [2.75, 3.05) is 13.7 Å². The first-order chi connectivity index (χ1) is 13.2. The fourth-order valence-electron chi connectivity index (χ4n) is 4.89. The molecule has 2 aliphatic rings. The first-order valence-corrected chi connectivity index (χ1v) is 9.57. The van der Waals surface area contributed by atoms with Gasteiger partial charge in [-0.1, -0.05) is 6.07 Å². The highest BCUT2D eigenvalue weighted by molar-refractivity contribution is 5.97. The number of aromatic amines is 1. The molecule has 5 heteroatoms. The summed E-state index contributed by atoms with van der Waals surface area (Å²) >= 11 is 0. The zero-order valence-corrected chi connectivity index (χ0v) is 15.7. The van der Waals surface area contributed by atoms with Gasteiger partial charge in [0, 0.05) is 24.1 Å². The molecule has 1 aromatic heterocycles. The van der Waals surface area contributed by atoms with E-state index >= 15 is 0 Å². The second-order valence-corrected chi connectivity index (χ2v) is 7.67. The van der Waals surface area contributed by atoms with Crippen molar-refractivity contribution in [2.24, 2.45) is 0 Å². The van der Waals surface area contributed by atoms with Crippen molar-refractivity contribution in [1.29, 1.82) is 0 Å². The molecule has 1 amide bonds. The van der Waals surface area contributed by atoms with Crippen LogP contribution in [0.2, 0.25) is 0 Å². The van der Waals surface area contributed by atoms with Gasteiger partial charge in [0.25, 0.3) is 5.91 Å². The van der Waals surface area contributed by atoms with Crippen LogP contribution < -0.4 is 4.74 Å². The number of nitrogens with one attached hydrogen (secondary N) is 1. The Hall–Kier alpha value is -2.82. The van der Waals surface area contributed by atoms with Crippen LogP contribution in [-0.2, 0) is 6.42 Å². The number of aromatic nitrogens is 2. The maximum Gasteiger partial charge on any atom is 0.254 e. The standard InChI is InChI=1S/C22H23N3O2/c1-13-8-15-10-20-16(17(15)11-21(13)27-2)4-3-7-25(20)22(26)14-5-6-18-19(9-14)24-12-23-18/h5-6,8-9,11-12,16,20H,3-4,7,10H2,1-2H3,(H,23,24). The van der Waals surface area contributed by atoms with Gasteiger partial charge in [0.1, 0.15) is 5.75 Å². The summed E-state index contributed by atoms with van der Waals surface area (Å²) in [6.07, 6.45) is 4.76. The molecule has 3 aromatic rings. The Labute approximate surface area is 158 Å². The molecule has 0 bridgehead atoms. The lowest BCUT2D eigenvalue weighted by atomic mass is 9.88. The molecule has 2 aromatic carbocycles. The number of likely N-dealkylation sites (tertiary alicyclic amines) is 1. The average Bonchev–Trinajstić information content (AvgIpc) is 3.29. The zero-order chi connectivity index (χ0) is 18.5. The van der Waals surface area contributed by atoms with E-state index in [-0.39, 0.29) is 11.9 Å². The summed E-state index contributed by atoms with van der Waals surface area (Å²) in [5, 5.41) is 0. The Kier molecular flexibility index (Phi) is 3.71. The van der Waals surface area contributed by atoms with Crippen LogP contribution in [0, 0.1) is 6.92 Å². The van der Waals surface area contributed by atoms with Crippen molar-refractivity contribution < 1.29 is 9.53 Å². The summed E-state index contributed by atoms with van der Waals surface area (Å²) in [7, 11) is 1.73. The van der Waals surface area contributed by atoms with Crippen LogP contribution >= 0.6 is 0 Å². The molecule has 1 saturated heterocycles. The second-order valence-electron chi connectivity index (χ2n) is 7.67. The summed E-state index contributed by atoms with van der Waals surface area (Å²) in [5.74, 6) is 1.47. The highest BCUT2D eigenvalue weighted by Crippen LogP contribution is 2.44. The number of aryl methyl sites for hydroxylation is 1. The van der Waals surface area contributed by atoms with Gasteiger partial charge >= 0.3 is 0 Å². The third-order valence-corrected chi connectivity index (χ3v) is 6.19. The fraction of sp³-hybridized carbons (Fsp3) is 0.364. The number of benzene rings is 2. The normalized spacial score (nSPS) is 21.2. The highest BCUT2D eigenvalue weighted by Gasteiger charge is 2.41. The molecule has 0 saturated carbocycles. The molecule has 1 aliphatic carbocycles. The van der Waals surface area contributed by atoms with Crippen LogP contribution in [0.1, 0.15) is 45.8 Å². The highest BCUT2D eigenvalue weighted by atomic mass is 16.5. The molecular weight excluding hydrogens is 338 g/mol. The molecule has 1 N–H and O–H groups in total. The van der Waals surface area contributed by atoms with E-state index in [9.17, 15) is 4.79 Å². The summed E-state index contributed by atoms with van der Waals surface area (Å²) < 4.78 is 5.54. The van der Waals surface area contributed by atoms with Gasteiger partial charge in [0.05, 0.1) is 24.5 Å². The van der Waals surface area contributed by atoms with Crippen molar-refractivity contribution in [3.05, 3.63) is 58.9 Å². The van der Waals surface area contributed by atoms with E-state index in [1.165, 1.54) is 11.1 Å². The maximum atomic E-state index is 13.3. The van der Waals surface area contributed by atoms with Gasteiger partial charge in [-0.05, 0) is 67.1 Å². The number of rotatable bonds is 2. The van der Waals surface area contributed by atoms with Gasteiger partial charge in [-0.15, -0.1) is 0 Å². The van der Waals surface area contributed by atoms with Crippen molar-refractivity contribution in [3.63, 3.8) is 0 Å². The van der Waals surface area contributed by atoms with Gasteiger partial charge in [0.15, 0.2) is 0 Å². The van der Waals surface area contributed by atoms with Crippen molar-refractivity contribution in [3.8, 4) is 5.75 Å². The quantitative estimate of drug-likeness (QED) is 0.755. The lowest BCUT2D eigenvalue weighted by Gasteiger charge is -2.38.